The van der Waals surface area contributed by atoms with Gasteiger partial charge in [-0.3, -0.25) is 0 Å². The standard InChI is InChI=1S/2C26H27NO.C2H7Si.2ClH.Zr/c2*1-20-16-23-10-7-11-25(26(23)17-20)22-12-14-24(15-13-22)27(2,3)19-28-18-21-8-5-4-6-9-21;1-3-2;;;/h2*4-17H,18-19H2,1-3H3;3H,1-2H3;2*1H;/q2*+1;;;;+2/p-2. The van der Waals surface area contributed by atoms with E-state index in [4.69, 9.17) is 26.5 Å². The molecule has 8 heteroatoms. The number of fused-ring (bicyclic) bond motifs is 2. The molecule has 4 nitrogen and oxygen atoms in total. The van der Waals surface area contributed by atoms with Gasteiger partial charge in [-0.05, 0) is 11.1 Å². The monoisotopic (exact) mass is 957 g/mol. The molecule has 0 bridgehead atoms. The minimum atomic E-state index is -4.86. The third-order valence-corrected chi connectivity index (χ3v) is 65.8. The van der Waals surface area contributed by atoms with Crippen LogP contribution in [0.15, 0.2) is 157 Å². The number of benzene rings is 6. The summed E-state index contributed by atoms with van der Waals surface area (Å²) in [4.78, 5) is 0. The quantitative estimate of drug-likeness (QED) is 0.0580. The van der Waals surface area contributed by atoms with Gasteiger partial charge in [-0.15, -0.1) is 0 Å². The summed E-state index contributed by atoms with van der Waals surface area (Å²) in [6.07, 6.45) is 4.80. The number of quaternary nitrogens is 2. The van der Waals surface area contributed by atoms with Crippen molar-refractivity contribution < 1.29 is 25.0 Å². The first kappa shape index (κ1) is 44.9. The molecule has 319 valence electrons. The van der Waals surface area contributed by atoms with E-state index in [1.807, 2.05) is 12.1 Å². The fraction of sp³-hybridized carbons (Fsp3) is 0.259. The molecular weight excluding hydrogens is 899 g/mol. The van der Waals surface area contributed by atoms with Crippen molar-refractivity contribution in [2.75, 3.05) is 41.7 Å². The number of ether oxygens (including phenoxy) is 2. The molecule has 0 heterocycles. The molecule has 6 aromatic rings. The van der Waals surface area contributed by atoms with Gasteiger partial charge in [-0.2, -0.15) is 0 Å². The number of halogens is 2. The van der Waals surface area contributed by atoms with Gasteiger partial charge in [0.1, 0.15) is 0 Å². The number of hydrogen-bond acceptors (Lipinski definition) is 2. The zero-order chi connectivity index (χ0) is 43.9. The molecule has 0 saturated heterocycles. The van der Waals surface area contributed by atoms with Gasteiger partial charge >= 0.3 is 310 Å². The summed E-state index contributed by atoms with van der Waals surface area (Å²) < 4.78 is 13.7. The van der Waals surface area contributed by atoms with E-state index in [0.717, 1.165) is 0 Å². The summed E-state index contributed by atoms with van der Waals surface area (Å²) in [5.74, 6) is -1.68. The van der Waals surface area contributed by atoms with Crippen LogP contribution in [0.3, 0.4) is 0 Å². The van der Waals surface area contributed by atoms with E-state index in [9.17, 15) is 0 Å². The third kappa shape index (κ3) is 8.51. The first-order valence-corrected chi connectivity index (χ1v) is 38.2. The van der Waals surface area contributed by atoms with Crippen LogP contribution in [0.2, 0.25) is 13.1 Å². The van der Waals surface area contributed by atoms with Gasteiger partial charge < -0.3 is 0 Å². The van der Waals surface area contributed by atoms with Crippen LogP contribution in [-0.4, -0.2) is 47.6 Å². The number of rotatable bonds is 15. The van der Waals surface area contributed by atoms with Crippen molar-refractivity contribution in [3.8, 4) is 22.3 Å². The molecule has 8 rings (SSSR count). The normalized spacial score (nSPS) is 17.0. The van der Waals surface area contributed by atoms with Crippen molar-refractivity contribution in [3.63, 3.8) is 0 Å². The predicted molar refractivity (Wildman–Crippen MR) is 267 cm³/mol. The Kier molecular flexibility index (Phi) is 12.8. The van der Waals surface area contributed by atoms with Crippen LogP contribution in [0.25, 0.3) is 34.4 Å². The number of hydrogen-bond donors (Lipinski definition) is 0. The van der Waals surface area contributed by atoms with Gasteiger partial charge in [0.15, 0.2) is 0 Å². The van der Waals surface area contributed by atoms with Crippen LogP contribution in [0, 0.1) is 0 Å². The molecule has 0 aromatic heterocycles. The topological polar surface area (TPSA) is 18.5 Å². The van der Waals surface area contributed by atoms with Crippen molar-refractivity contribution in [2.24, 2.45) is 0 Å². The van der Waals surface area contributed by atoms with E-state index in [1.54, 1.807) is 0 Å². The van der Waals surface area contributed by atoms with Crippen LogP contribution in [-0.2, 0) is 38.2 Å². The molecular formula is C54H61Cl2N2O2SiZr+2. The van der Waals surface area contributed by atoms with Crippen LogP contribution in [0.4, 0.5) is 11.4 Å². The fourth-order valence-corrected chi connectivity index (χ4v) is 43.0. The Morgan fingerprint density at radius 2 is 0.871 bits per heavy atom. The molecule has 0 N–H and O–H groups in total. The Labute approximate surface area is 379 Å². The Balaban J connectivity index is 1.06. The minimum absolute atomic E-state index is 0.0318. The third-order valence-electron chi connectivity index (χ3n) is 13.6. The summed E-state index contributed by atoms with van der Waals surface area (Å²) in [5, 5.41) is 0. The van der Waals surface area contributed by atoms with Gasteiger partial charge in [0.2, 0.25) is 0 Å². The van der Waals surface area contributed by atoms with Crippen molar-refractivity contribution in [2.45, 2.75) is 47.4 Å². The zero-order valence-corrected chi connectivity index (χ0v) is 42.7. The Morgan fingerprint density at radius 1 is 0.500 bits per heavy atom. The summed E-state index contributed by atoms with van der Waals surface area (Å²) >= 11 is -4.86. The van der Waals surface area contributed by atoms with Gasteiger partial charge in [0.25, 0.3) is 0 Å². The van der Waals surface area contributed by atoms with Crippen LogP contribution in [0.1, 0.15) is 54.5 Å². The summed E-state index contributed by atoms with van der Waals surface area (Å²) in [6.45, 7) is 11.7. The Bertz CT molecular complexity index is 2450. The zero-order valence-electron chi connectivity index (χ0n) is 37.5. The molecule has 0 aliphatic heterocycles. The molecule has 2 aliphatic rings. The van der Waals surface area contributed by atoms with Gasteiger partial charge in [0.05, 0.1) is 0 Å². The van der Waals surface area contributed by atoms with Crippen LogP contribution < -0.4 is 8.97 Å². The summed E-state index contributed by atoms with van der Waals surface area (Å²) in [6, 6.07) is 52.3. The Hall–Kier alpha value is -3.68. The maximum absolute atomic E-state index is 8.61. The van der Waals surface area contributed by atoms with Crippen molar-refractivity contribution in [3.05, 3.63) is 190 Å². The fourth-order valence-electron chi connectivity index (χ4n) is 10.1. The molecule has 0 amide bonds. The van der Waals surface area contributed by atoms with Gasteiger partial charge in [0, 0.05) is 0 Å². The second-order valence-corrected chi connectivity index (χ2v) is 61.5. The predicted octanol–water partition coefficient (Wildman–Crippen LogP) is 14.1. The molecule has 0 saturated carbocycles. The molecule has 0 radical (unpaired) electrons. The SMILES string of the molecule is CC1=Cc2c(-c3ccc([N+](C)(C)COCc4ccccc4)cc3)cccc2[CH]1[Zr]([Cl])([Cl])([CH]1C(C)=Cc2c(-c3ccc([N+](C)(C)COCc4ccccc4)cc3)cccc21)[SiH](C)C. The summed E-state index contributed by atoms with van der Waals surface area (Å²) in [5.41, 5.74) is 17.3. The van der Waals surface area contributed by atoms with E-state index in [1.165, 1.54) is 78.2 Å². The number of allylic oxidation sites excluding steroid dienone is 2. The average Bonchev–Trinajstić information content (AvgIpc) is 3.81. The summed E-state index contributed by atoms with van der Waals surface area (Å²) in [7, 11) is 26.0. The second-order valence-electron chi connectivity index (χ2n) is 19.0. The van der Waals surface area contributed by atoms with Crippen LogP contribution in [0.5, 0.6) is 0 Å². The molecule has 2 atom stereocenters. The van der Waals surface area contributed by atoms with Crippen LogP contribution >= 0.6 is 17.0 Å². The van der Waals surface area contributed by atoms with Crippen molar-refractivity contribution in [1.29, 1.82) is 0 Å². The first-order valence-electron chi connectivity index (χ1n) is 21.9. The van der Waals surface area contributed by atoms with Crippen molar-refractivity contribution in [1.82, 2.24) is 8.97 Å². The molecule has 0 fully saturated rings. The van der Waals surface area contributed by atoms with E-state index in [2.05, 4.69) is 201 Å². The van der Waals surface area contributed by atoms with E-state index in [0.29, 0.717) is 35.6 Å². The van der Waals surface area contributed by atoms with E-state index >= 15 is 0 Å². The van der Waals surface area contributed by atoms with Gasteiger partial charge in [-0.25, -0.2) is 0 Å². The van der Waals surface area contributed by atoms with Gasteiger partial charge in [-0.1, -0.05) is 60.7 Å². The molecule has 2 aliphatic carbocycles. The molecule has 0 spiro atoms. The molecule has 62 heavy (non-hydrogen) atoms. The first-order chi connectivity index (χ1) is 29.6. The van der Waals surface area contributed by atoms with Crippen molar-refractivity contribution >= 4 is 46.5 Å². The number of nitrogens with zero attached hydrogens (tertiary/aromatic N) is 2. The second kappa shape index (κ2) is 17.7. The molecule has 2 unspecified atom stereocenters. The average molecular weight is 960 g/mol. The van der Waals surface area contributed by atoms with E-state index in [-0.39, 0.29) is 7.25 Å². The maximum atomic E-state index is 8.61. The van der Waals surface area contributed by atoms with E-state index < -0.39 is 21.5 Å². The Morgan fingerprint density at radius 3 is 1.23 bits per heavy atom. The molecule has 6 aromatic carbocycles.